The summed E-state index contributed by atoms with van der Waals surface area (Å²) in [5.74, 6) is 0.235. The van der Waals surface area contributed by atoms with E-state index in [-0.39, 0.29) is 5.91 Å². The van der Waals surface area contributed by atoms with Crippen LogP contribution in [0.5, 0.6) is 0 Å². The zero-order valence-electron chi connectivity index (χ0n) is 10.5. The van der Waals surface area contributed by atoms with Gasteiger partial charge in [0.05, 0.1) is 0 Å². The van der Waals surface area contributed by atoms with Gasteiger partial charge in [-0.25, -0.2) is 0 Å². The van der Waals surface area contributed by atoms with Gasteiger partial charge < -0.3 is 10.2 Å². The Morgan fingerprint density at radius 2 is 2.11 bits per heavy atom. The van der Waals surface area contributed by atoms with Crippen molar-refractivity contribution in [3.63, 3.8) is 0 Å². The van der Waals surface area contributed by atoms with Crippen molar-refractivity contribution >= 4 is 17.5 Å². The molecule has 0 radical (unpaired) electrons. The Morgan fingerprint density at radius 3 is 2.94 bits per heavy atom. The van der Waals surface area contributed by atoms with Crippen LogP contribution in [-0.2, 0) is 11.2 Å². The first kappa shape index (κ1) is 13.4. The first-order chi connectivity index (χ1) is 8.77. The lowest BCUT2D eigenvalue weighted by molar-refractivity contribution is -0.130. The van der Waals surface area contributed by atoms with E-state index in [9.17, 15) is 4.79 Å². The maximum absolute atomic E-state index is 12.1. The van der Waals surface area contributed by atoms with Crippen LogP contribution in [-0.4, -0.2) is 37.0 Å². The summed E-state index contributed by atoms with van der Waals surface area (Å²) in [6.45, 7) is 3.60. The number of halogens is 1. The van der Waals surface area contributed by atoms with Crippen LogP contribution in [0.3, 0.4) is 0 Å². The van der Waals surface area contributed by atoms with Crippen molar-refractivity contribution in [3.8, 4) is 0 Å². The molecular formula is C14H19ClN2O. The first-order valence-corrected chi connectivity index (χ1v) is 6.87. The number of rotatable bonds is 3. The van der Waals surface area contributed by atoms with E-state index in [1.54, 1.807) is 0 Å². The number of nitrogens with one attached hydrogen (secondary N) is 1. The number of benzene rings is 1. The maximum Gasteiger partial charge on any atom is 0.222 e. The van der Waals surface area contributed by atoms with Gasteiger partial charge in [-0.2, -0.15) is 0 Å². The number of amides is 1. The van der Waals surface area contributed by atoms with Crippen LogP contribution in [0.1, 0.15) is 18.4 Å². The fraction of sp³-hybridized carbons (Fsp3) is 0.500. The highest BCUT2D eigenvalue weighted by atomic mass is 35.5. The third-order valence-corrected chi connectivity index (χ3v) is 3.63. The molecule has 98 valence electrons. The highest BCUT2D eigenvalue weighted by Crippen LogP contribution is 2.17. The van der Waals surface area contributed by atoms with Crippen LogP contribution < -0.4 is 5.32 Å². The molecular weight excluding hydrogens is 248 g/mol. The molecule has 1 amide bonds. The molecule has 0 aromatic heterocycles. The van der Waals surface area contributed by atoms with Crippen molar-refractivity contribution in [2.75, 3.05) is 26.2 Å². The Bertz CT molecular complexity index is 401. The molecule has 1 aliphatic heterocycles. The zero-order chi connectivity index (χ0) is 12.8. The Labute approximate surface area is 113 Å². The minimum atomic E-state index is 0.235. The van der Waals surface area contributed by atoms with Gasteiger partial charge in [0.25, 0.3) is 0 Å². The van der Waals surface area contributed by atoms with Crippen LogP contribution >= 0.6 is 11.6 Å². The molecule has 1 heterocycles. The summed E-state index contributed by atoms with van der Waals surface area (Å²) in [4.78, 5) is 14.0. The van der Waals surface area contributed by atoms with E-state index < -0.39 is 0 Å². The standard InChI is InChI=1S/C14H19ClN2O/c15-13-5-2-1-4-12(13)6-7-14(18)17-10-3-8-16-9-11-17/h1-2,4-5,16H,3,6-11H2. The van der Waals surface area contributed by atoms with Crippen molar-refractivity contribution in [2.24, 2.45) is 0 Å². The summed E-state index contributed by atoms with van der Waals surface area (Å²) in [5, 5.41) is 4.05. The molecule has 3 nitrogen and oxygen atoms in total. The lowest BCUT2D eigenvalue weighted by atomic mass is 10.1. The number of carbonyl (C=O) groups excluding carboxylic acids is 1. The van der Waals surface area contributed by atoms with Gasteiger partial charge in [0, 0.05) is 31.1 Å². The molecule has 1 N–H and O–H groups in total. The number of hydrogen-bond donors (Lipinski definition) is 1. The molecule has 1 aromatic rings. The lowest BCUT2D eigenvalue weighted by Crippen LogP contribution is -2.34. The quantitative estimate of drug-likeness (QED) is 0.909. The first-order valence-electron chi connectivity index (χ1n) is 6.49. The molecule has 4 heteroatoms. The minimum absolute atomic E-state index is 0.235. The van der Waals surface area contributed by atoms with Crippen molar-refractivity contribution in [1.82, 2.24) is 10.2 Å². The van der Waals surface area contributed by atoms with E-state index in [4.69, 9.17) is 11.6 Å². The van der Waals surface area contributed by atoms with E-state index >= 15 is 0 Å². The lowest BCUT2D eigenvalue weighted by Gasteiger charge is -2.20. The van der Waals surface area contributed by atoms with Crippen molar-refractivity contribution < 1.29 is 4.79 Å². The van der Waals surface area contributed by atoms with E-state index in [2.05, 4.69) is 5.32 Å². The van der Waals surface area contributed by atoms with E-state index in [1.807, 2.05) is 29.2 Å². The Balaban J connectivity index is 1.86. The van der Waals surface area contributed by atoms with Gasteiger partial charge in [0.2, 0.25) is 5.91 Å². The molecule has 0 aliphatic carbocycles. The third-order valence-electron chi connectivity index (χ3n) is 3.26. The second-order valence-corrected chi connectivity index (χ2v) is 4.98. The fourth-order valence-electron chi connectivity index (χ4n) is 2.20. The molecule has 1 aromatic carbocycles. The van der Waals surface area contributed by atoms with Crippen LogP contribution in [0, 0.1) is 0 Å². The van der Waals surface area contributed by atoms with Crippen molar-refractivity contribution in [2.45, 2.75) is 19.3 Å². The van der Waals surface area contributed by atoms with Crippen LogP contribution in [0.15, 0.2) is 24.3 Å². The number of aryl methyl sites for hydroxylation is 1. The molecule has 2 rings (SSSR count). The van der Waals surface area contributed by atoms with Crippen LogP contribution in [0.4, 0.5) is 0 Å². The zero-order valence-corrected chi connectivity index (χ0v) is 11.2. The Hall–Kier alpha value is -1.06. The highest BCUT2D eigenvalue weighted by Gasteiger charge is 2.15. The van der Waals surface area contributed by atoms with Gasteiger partial charge in [-0.1, -0.05) is 29.8 Å². The average molecular weight is 267 g/mol. The van der Waals surface area contributed by atoms with Gasteiger partial charge in [-0.3, -0.25) is 4.79 Å². The number of nitrogens with zero attached hydrogens (tertiary/aromatic N) is 1. The molecule has 0 spiro atoms. The molecule has 0 atom stereocenters. The van der Waals surface area contributed by atoms with Gasteiger partial charge in [-0.05, 0) is 31.0 Å². The summed E-state index contributed by atoms with van der Waals surface area (Å²) in [7, 11) is 0. The van der Waals surface area contributed by atoms with Gasteiger partial charge in [0.1, 0.15) is 0 Å². The maximum atomic E-state index is 12.1. The summed E-state index contributed by atoms with van der Waals surface area (Å²) in [6.07, 6.45) is 2.31. The third kappa shape index (κ3) is 3.72. The highest BCUT2D eigenvalue weighted by molar-refractivity contribution is 6.31. The van der Waals surface area contributed by atoms with E-state index in [0.717, 1.165) is 49.6 Å². The molecule has 0 bridgehead atoms. The predicted molar refractivity (Wildman–Crippen MR) is 73.8 cm³/mol. The minimum Gasteiger partial charge on any atom is -0.341 e. The van der Waals surface area contributed by atoms with Crippen molar-refractivity contribution in [3.05, 3.63) is 34.9 Å². The monoisotopic (exact) mass is 266 g/mol. The summed E-state index contributed by atoms with van der Waals surface area (Å²) in [6, 6.07) is 7.73. The molecule has 0 unspecified atom stereocenters. The summed E-state index contributed by atoms with van der Waals surface area (Å²) < 4.78 is 0. The SMILES string of the molecule is O=C(CCc1ccccc1Cl)N1CCCNCC1. The fourth-order valence-corrected chi connectivity index (χ4v) is 2.43. The topological polar surface area (TPSA) is 32.3 Å². The van der Waals surface area contributed by atoms with Crippen LogP contribution in [0.25, 0.3) is 0 Å². The predicted octanol–water partition coefficient (Wildman–Crippen LogP) is 2.09. The largest absolute Gasteiger partial charge is 0.341 e. The second kappa shape index (κ2) is 6.76. The van der Waals surface area contributed by atoms with Crippen LogP contribution in [0.2, 0.25) is 5.02 Å². The van der Waals surface area contributed by atoms with Gasteiger partial charge >= 0.3 is 0 Å². The van der Waals surface area contributed by atoms with E-state index in [0.29, 0.717) is 6.42 Å². The van der Waals surface area contributed by atoms with E-state index in [1.165, 1.54) is 0 Å². The second-order valence-electron chi connectivity index (χ2n) is 4.58. The number of carbonyl (C=O) groups is 1. The molecule has 0 saturated carbocycles. The Kier molecular flexibility index (Phi) is 5.02. The summed E-state index contributed by atoms with van der Waals surface area (Å²) >= 11 is 6.08. The molecule has 18 heavy (non-hydrogen) atoms. The molecule has 1 saturated heterocycles. The van der Waals surface area contributed by atoms with Gasteiger partial charge in [-0.15, -0.1) is 0 Å². The van der Waals surface area contributed by atoms with Crippen molar-refractivity contribution in [1.29, 1.82) is 0 Å². The average Bonchev–Trinajstić information content (AvgIpc) is 2.66. The molecule has 1 aliphatic rings. The number of hydrogen-bond acceptors (Lipinski definition) is 2. The molecule has 1 fully saturated rings. The van der Waals surface area contributed by atoms with Gasteiger partial charge in [0.15, 0.2) is 0 Å². The summed E-state index contributed by atoms with van der Waals surface area (Å²) in [5.41, 5.74) is 1.06. The smallest absolute Gasteiger partial charge is 0.222 e. The Morgan fingerprint density at radius 1 is 1.28 bits per heavy atom. The normalized spacial score (nSPS) is 16.4.